The zero-order valence-electron chi connectivity index (χ0n) is 18.5. The Hall–Kier alpha value is -2.90. The molecule has 1 heterocycles. The zero-order valence-corrected chi connectivity index (χ0v) is 19.4. The van der Waals surface area contributed by atoms with Gasteiger partial charge in [-0.15, -0.1) is 0 Å². The molecule has 168 valence electrons. The molecule has 3 aromatic rings. The molecule has 0 aliphatic carbocycles. The molecule has 7 heteroatoms. The van der Waals surface area contributed by atoms with Gasteiger partial charge in [-0.05, 0) is 66.4 Å². The van der Waals surface area contributed by atoms with E-state index >= 15 is 0 Å². The summed E-state index contributed by atoms with van der Waals surface area (Å²) in [6.07, 6.45) is 0.923. The minimum absolute atomic E-state index is 0.0694. The van der Waals surface area contributed by atoms with Gasteiger partial charge in [0.05, 0.1) is 10.9 Å². The molecule has 0 saturated carbocycles. The minimum atomic E-state index is -3.78. The number of rotatable bonds is 7. The monoisotopic (exact) mass is 453 g/mol. The summed E-state index contributed by atoms with van der Waals surface area (Å²) in [5.74, 6) is -0.420. The molecule has 0 fully saturated rings. The molecule has 32 heavy (non-hydrogen) atoms. The maximum Gasteiger partial charge on any atom is 0.240 e. The van der Waals surface area contributed by atoms with Gasteiger partial charge in [0.25, 0.3) is 0 Å². The summed E-state index contributed by atoms with van der Waals surface area (Å²) in [6, 6.07) is 20.1. The predicted octanol–water partition coefficient (Wildman–Crippen LogP) is 4.28. The number of anilines is 2. The van der Waals surface area contributed by atoms with Gasteiger partial charge in [0.15, 0.2) is 0 Å². The van der Waals surface area contributed by atoms with Crippen LogP contribution in [0.3, 0.4) is 0 Å². The molecule has 0 amide bonds. The summed E-state index contributed by atoms with van der Waals surface area (Å²) >= 11 is 0. The molecule has 0 aromatic heterocycles. The van der Waals surface area contributed by atoms with Crippen LogP contribution in [0.2, 0.25) is 0 Å². The van der Waals surface area contributed by atoms with Gasteiger partial charge in [0.1, 0.15) is 5.82 Å². The van der Waals surface area contributed by atoms with Crippen LogP contribution in [-0.4, -0.2) is 35.6 Å². The number of para-hydroxylation sites is 1. The van der Waals surface area contributed by atoms with Crippen molar-refractivity contribution in [1.29, 1.82) is 0 Å². The topological polar surface area (TPSA) is 52.7 Å². The third-order valence-electron chi connectivity index (χ3n) is 6.00. The van der Waals surface area contributed by atoms with Crippen molar-refractivity contribution in [2.45, 2.75) is 24.3 Å². The molecule has 0 bridgehead atoms. The lowest BCUT2D eigenvalue weighted by Crippen LogP contribution is -2.37. The van der Waals surface area contributed by atoms with E-state index in [-0.39, 0.29) is 17.5 Å². The van der Waals surface area contributed by atoms with Crippen LogP contribution in [-0.2, 0) is 16.4 Å². The third-order valence-corrected chi connectivity index (χ3v) is 7.42. The van der Waals surface area contributed by atoms with Crippen LogP contribution in [0.25, 0.3) is 0 Å². The fourth-order valence-corrected chi connectivity index (χ4v) is 5.27. The average Bonchev–Trinajstić information content (AvgIpc) is 3.20. The highest BCUT2D eigenvalue weighted by molar-refractivity contribution is 7.89. The summed E-state index contributed by atoms with van der Waals surface area (Å²) < 4.78 is 42.3. The van der Waals surface area contributed by atoms with Crippen LogP contribution in [0.1, 0.15) is 22.7 Å². The highest BCUT2D eigenvalue weighted by atomic mass is 32.2. The third kappa shape index (κ3) is 4.49. The van der Waals surface area contributed by atoms with Crippen molar-refractivity contribution in [2.24, 2.45) is 0 Å². The highest BCUT2D eigenvalue weighted by Crippen LogP contribution is 2.35. The number of aryl methyl sites for hydroxylation is 1. The summed E-state index contributed by atoms with van der Waals surface area (Å²) in [5, 5.41) is 0. The smallest absolute Gasteiger partial charge is 0.240 e. The Balaban J connectivity index is 1.64. The van der Waals surface area contributed by atoms with Gasteiger partial charge in [-0.25, -0.2) is 17.5 Å². The molecular weight excluding hydrogens is 425 g/mol. The number of hydrogen-bond donors (Lipinski definition) is 1. The van der Waals surface area contributed by atoms with E-state index in [9.17, 15) is 12.8 Å². The highest BCUT2D eigenvalue weighted by Gasteiger charge is 2.28. The van der Waals surface area contributed by atoms with Gasteiger partial charge in [-0.1, -0.05) is 30.3 Å². The maximum atomic E-state index is 13.6. The lowest BCUT2D eigenvalue weighted by molar-refractivity contribution is 0.562. The van der Waals surface area contributed by atoms with Crippen molar-refractivity contribution < 1.29 is 12.8 Å². The first kappa shape index (κ1) is 22.3. The second-order valence-electron chi connectivity index (χ2n) is 8.34. The lowest BCUT2D eigenvalue weighted by Gasteiger charge is -2.31. The van der Waals surface area contributed by atoms with Crippen LogP contribution in [0.5, 0.6) is 0 Å². The van der Waals surface area contributed by atoms with E-state index in [4.69, 9.17) is 0 Å². The number of nitrogens with zero attached hydrogens (tertiary/aromatic N) is 2. The van der Waals surface area contributed by atoms with E-state index in [1.807, 2.05) is 43.3 Å². The minimum Gasteiger partial charge on any atom is -0.378 e. The van der Waals surface area contributed by atoms with Crippen molar-refractivity contribution >= 4 is 21.4 Å². The molecule has 5 nitrogen and oxygen atoms in total. The fraction of sp³-hybridized carbons (Fsp3) is 0.280. The summed E-state index contributed by atoms with van der Waals surface area (Å²) in [7, 11) is 0.194. The van der Waals surface area contributed by atoms with Crippen LogP contribution >= 0.6 is 0 Å². The van der Waals surface area contributed by atoms with Gasteiger partial charge in [0, 0.05) is 38.6 Å². The van der Waals surface area contributed by atoms with Gasteiger partial charge < -0.3 is 9.80 Å². The maximum absolute atomic E-state index is 13.6. The zero-order chi connectivity index (χ0) is 22.9. The van der Waals surface area contributed by atoms with Crippen LogP contribution < -0.4 is 14.5 Å². The van der Waals surface area contributed by atoms with E-state index in [2.05, 4.69) is 33.9 Å². The fourth-order valence-electron chi connectivity index (χ4n) is 4.15. The second-order valence-corrected chi connectivity index (χ2v) is 10.1. The van der Waals surface area contributed by atoms with E-state index in [1.54, 1.807) is 6.92 Å². The number of hydrogen-bond acceptors (Lipinski definition) is 4. The first-order valence-corrected chi connectivity index (χ1v) is 12.1. The first-order chi connectivity index (χ1) is 15.3. The normalized spacial score (nSPS) is 14.3. The number of halogens is 1. The molecular formula is C25H28FN3O2S. The van der Waals surface area contributed by atoms with Gasteiger partial charge >= 0.3 is 0 Å². The van der Waals surface area contributed by atoms with E-state index in [1.165, 1.54) is 23.8 Å². The SMILES string of the molecule is Cc1cc(S(=O)(=O)NC[C@@H](c2ccc(N(C)C)cc2)N2CCc3ccccc32)ccc1F. The Bertz CT molecular complexity index is 1210. The number of fused-ring (bicyclic) bond motifs is 1. The van der Waals surface area contributed by atoms with Crippen molar-refractivity contribution in [3.8, 4) is 0 Å². The molecule has 0 spiro atoms. The van der Waals surface area contributed by atoms with Crippen molar-refractivity contribution in [1.82, 2.24) is 4.72 Å². The van der Waals surface area contributed by atoms with Crippen LogP contribution in [0.15, 0.2) is 71.6 Å². The van der Waals surface area contributed by atoms with Crippen LogP contribution in [0, 0.1) is 12.7 Å². The molecule has 1 aliphatic heterocycles. The molecule has 1 atom stereocenters. The second kappa shape index (κ2) is 8.92. The first-order valence-electron chi connectivity index (χ1n) is 10.6. The molecule has 1 N–H and O–H groups in total. The summed E-state index contributed by atoms with van der Waals surface area (Å²) in [4.78, 5) is 4.36. The Morgan fingerprint density at radius 3 is 2.47 bits per heavy atom. The van der Waals surface area contributed by atoms with Gasteiger partial charge in [-0.3, -0.25) is 0 Å². The largest absolute Gasteiger partial charge is 0.378 e. The molecule has 0 unspecified atom stereocenters. The quantitative estimate of drug-likeness (QED) is 0.580. The van der Waals surface area contributed by atoms with E-state index in [0.717, 1.165) is 29.9 Å². The summed E-state index contributed by atoms with van der Waals surface area (Å²) in [5.41, 5.74) is 4.81. The van der Waals surface area contributed by atoms with Crippen molar-refractivity contribution in [3.05, 3.63) is 89.2 Å². The molecule has 3 aromatic carbocycles. The lowest BCUT2D eigenvalue weighted by atomic mass is 10.0. The molecule has 4 rings (SSSR count). The summed E-state index contributed by atoms with van der Waals surface area (Å²) in [6.45, 7) is 2.58. The van der Waals surface area contributed by atoms with E-state index in [0.29, 0.717) is 5.56 Å². The Morgan fingerprint density at radius 1 is 1.06 bits per heavy atom. The Morgan fingerprint density at radius 2 is 1.78 bits per heavy atom. The van der Waals surface area contributed by atoms with Crippen molar-refractivity contribution in [2.75, 3.05) is 37.0 Å². The Labute approximate surface area is 189 Å². The van der Waals surface area contributed by atoms with Gasteiger partial charge in [0.2, 0.25) is 10.0 Å². The Kier molecular flexibility index (Phi) is 6.22. The average molecular weight is 454 g/mol. The molecule has 0 saturated heterocycles. The van der Waals surface area contributed by atoms with Gasteiger partial charge in [-0.2, -0.15) is 0 Å². The number of benzene rings is 3. The predicted molar refractivity (Wildman–Crippen MR) is 127 cm³/mol. The van der Waals surface area contributed by atoms with Crippen LogP contribution in [0.4, 0.5) is 15.8 Å². The number of sulfonamides is 1. The molecule has 0 radical (unpaired) electrons. The van der Waals surface area contributed by atoms with Crippen molar-refractivity contribution in [3.63, 3.8) is 0 Å². The molecule has 1 aliphatic rings. The standard InChI is InChI=1S/C25H28FN3O2S/c1-18-16-22(12-13-23(18)26)32(30,31)27-17-25(20-8-10-21(11-9-20)28(2)3)29-15-14-19-6-4-5-7-24(19)29/h4-13,16,25,27H,14-15,17H2,1-3H3/t25-/m0/s1. The van der Waals surface area contributed by atoms with E-state index < -0.39 is 15.8 Å². The number of nitrogens with one attached hydrogen (secondary N) is 1.